The summed E-state index contributed by atoms with van der Waals surface area (Å²) in [5.41, 5.74) is 4.77. The molecular formula is C16H11N3O5. The van der Waals surface area contributed by atoms with Gasteiger partial charge in [-0.2, -0.15) is 0 Å². The predicted molar refractivity (Wildman–Crippen MR) is 84.2 cm³/mol. The molecule has 0 unspecified atom stereocenters. The van der Waals surface area contributed by atoms with Crippen LogP contribution in [0.2, 0.25) is 0 Å². The summed E-state index contributed by atoms with van der Waals surface area (Å²) in [5, 5.41) is 11.5. The first kappa shape index (κ1) is 15.2. The van der Waals surface area contributed by atoms with Crippen molar-refractivity contribution in [3.8, 4) is 0 Å². The van der Waals surface area contributed by atoms with E-state index in [9.17, 15) is 19.7 Å². The number of nitrogens with one attached hydrogen (secondary N) is 2. The van der Waals surface area contributed by atoms with E-state index in [0.717, 1.165) is 11.5 Å². The molecule has 0 bridgehead atoms. The Morgan fingerprint density at radius 3 is 2.46 bits per heavy atom. The van der Waals surface area contributed by atoms with E-state index in [4.69, 9.17) is 4.42 Å². The fourth-order valence-electron chi connectivity index (χ4n) is 2.10. The summed E-state index contributed by atoms with van der Waals surface area (Å²) in [6.45, 7) is 0. The van der Waals surface area contributed by atoms with Crippen LogP contribution in [0.5, 0.6) is 0 Å². The summed E-state index contributed by atoms with van der Waals surface area (Å²) < 4.78 is 5.37. The average Bonchev–Trinajstić information content (AvgIpc) is 3.03. The molecule has 0 saturated heterocycles. The third kappa shape index (κ3) is 3.07. The molecule has 0 aliphatic rings. The second kappa shape index (κ2) is 6.21. The number of hydrogen-bond acceptors (Lipinski definition) is 5. The summed E-state index contributed by atoms with van der Waals surface area (Å²) in [6.07, 6.45) is 0. The number of para-hydroxylation sites is 1. The summed E-state index contributed by atoms with van der Waals surface area (Å²) >= 11 is 0. The van der Waals surface area contributed by atoms with Crippen LogP contribution < -0.4 is 10.9 Å². The molecule has 1 heterocycles. The fraction of sp³-hybridized carbons (Fsp3) is 0. The van der Waals surface area contributed by atoms with Crippen LogP contribution in [0.15, 0.2) is 59.0 Å². The minimum absolute atomic E-state index is 0.0375. The van der Waals surface area contributed by atoms with Gasteiger partial charge in [0.05, 0.1) is 4.92 Å². The van der Waals surface area contributed by atoms with Gasteiger partial charge in [0.2, 0.25) is 0 Å². The molecule has 3 aromatic rings. The highest BCUT2D eigenvalue weighted by molar-refractivity contribution is 5.99. The maximum Gasteiger partial charge on any atom is 0.305 e. The Morgan fingerprint density at radius 2 is 1.71 bits per heavy atom. The van der Waals surface area contributed by atoms with Crippen molar-refractivity contribution in [2.75, 3.05) is 0 Å². The molecule has 3 rings (SSSR count). The standard InChI is InChI=1S/C16H11N3O5/c20-15(11-5-3-6-12(8-11)19(22)23)17-18-16(21)14-9-10-4-1-2-7-13(10)24-14/h1-9H,(H,17,20)(H,18,21). The highest BCUT2D eigenvalue weighted by Crippen LogP contribution is 2.18. The van der Waals surface area contributed by atoms with Gasteiger partial charge in [-0.3, -0.25) is 30.6 Å². The van der Waals surface area contributed by atoms with Crippen LogP contribution in [0.4, 0.5) is 5.69 Å². The van der Waals surface area contributed by atoms with E-state index < -0.39 is 16.7 Å². The topological polar surface area (TPSA) is 114 Å². The largest absolute Gasteiger partial charge is 0.451 e. The molecule has 0 spiro atoms. The van der Waals surface area contributed by atoms with Gasteiger partial charge in [0.1, 0.15) is 5.58 Å². The quantitative estimate of drug-likeness (QED) is 0.567. The zero-order valence-corrected chi connectivity index (χ0v) is 12.2. The first-order chi connectivity index (χ1) is 11.5. The molecule has 2 N–H and O–H groups in total. The van der Waals surface area contributed by atoms with Gasteiger partial charge in [0, 0.05) is 23.1 Å². The number of non-ortho nitro benzene ring substituents is 1. The number of furan rings is 1. The van der Waals surface area contributed by atoms with Crippen LogP contribution >= 0.6 is 0 Å². The van der Waals surface area contributed by atoms with Crippen molar-refractivity contribution in [3.63, 3.8) is 0 Å². The normalized spacial score (nSPS) is 10.3. The molecular weight excluding hydrogens is 314 g/mol. The van der Waals surface area contributed by atoms with Crippen LogP contribution in [0.3, 0.4) is 0 Å². The van der Waals surface area contributed by atoms with Crippen molar-refractivity contribution in [1.29, 1.82) is 0 Å². The van der Waals surface area contributed by atoms with Gasteiger partial charge in [0.15, 0.2) is 5.76 Å². The average molecular weight is 325 g/mol. The smallest absolute Gasteiger partial charge is 0.305 e. The maximum absolute atomic E-state index is 12.0. The lowest BCUT2D eigenvalue weighted by Gasteiger charge is -2.05. The minimum atomic E-state index is -0.678. The SMILES string of the molecule is O=C(NNC(=O)c1cc2ccccc2o1)c1cccc([N+](=O)[O-])c1. The first-order valence-electron chi connectivity index (χ1n) is 6.88. The minimum Gasteiger partial charge on any atom is -0.451 e. The number of nitro groups is 1. The third-order valence-electron chi connectivity index (χ3n) is 3.26. The Morgan fingerprint density at radius 1 is 0.958 bits per heavy atom. The number of amides is 2. The van der Waals surface area contributed by atoms with Crippen molar-refractivity contribution >= 4 is 28.5 Å². The highest BCUT2D eigenvalue weighted by Gasteiger charge is 2.15. The van der Waals surface area contributed by atoms with Gasteiger partial charge in [-0.25, -0.2) is 0 Å². The van der Waals surface area contributed by atoms with Crippen LogP contribution in [0, 0.1) is 10.1 Å². The molecule has 8 nitrogen and oxygen atoms in total. The Bertz CT molecular complexity index is 915. The maximum atomic E-state index is 12.0. The van der Waals surface area contributed by atoms with Crippen LogP contribution in [-0.2, 0) is 0 Å². The molecule has 0 radical (unpaired) electrons. The molecule has 0 fully saturated rings. The van der Waals surface area contributed by atoms with Crippen molar-refractivity contribution in [2.45, 2.75) is 0 Å². The summed E-state index contributed by atoms with van der Waals surface area (Å²) in [5.74, 6) is -1.27. The number of fused-ring (bicyclic) bond motifs is 1. The Hall–Kier alpha value is -3.68. The Kier molecular flexibility index (Phi) is 3.94. The molecule has 0 aliphatic heterocycles. The van der Waals surface area contributed by atoms with E-state index in [1.165, 1.54) is 18.2 Å². The molecule has 24 heavy (non-hydrogen) atoms. The molecule has 8 heteroatoms. The van der Waals surface area contributed by atoms with E-state index in [0.29, 0.717) is 5.58 Å². The molecule has 0 saturated carbocycles. The number of nitro benzene ring substituents is 1. The van der Waals surface area contributed by atoms with Crippen molar-refractivity contribution in [2.24, 2.45) is 0 Å². The number of benzene rings is 2. The molecule has 120 valence electrons. The lowest BCUT2D eigenvalue weighted by atomic mass is 10.2. The summed E-state index contributed by atoms with van der Waals surface area (Å²) in [7, 11) is 0. The van der Waals surface area contributed by atoms with Crippen molar-refractivity contribution in [1.82, 2.24) is 10.9 Å². The van der Waals surface area contributed by atoms with Gasteiger partial charge in [0.25, 0.3) is 11.6 Å². The second-order valence-electron chi connectivity index (χ2n) is 4.86. The van der Waals surface area contributed by atoms with Crippen LogP contribution in [0.1, 0.15) is 20.9 Å². The lowest BCUT2D eigenvalue weighted by Crippen LogP contribution is -2.41. The number of rotatable bonds is 3. The van der Waals surface area contributed by atoms with Crippen LogP contribution in [-0.4, -0.2) is 16.7 Å². The highest BCUT2D eigenvalue weighted by atomic mass is 16.6. The zero-order valence-electron chi connectivity index (χ0n) is 12.2. The summed E-state index contributed by atoms with van der Waals surface area (Å²) in [4.78, 5) is 34.0. The van der Waals surface area contributed by atoms with Gasteiger partial charge in [-0.05, 0) is 18.2 Å². The number of carbonyl (C=O) groups excluding carboxylic acids is 2. The number of nitrogens with zero attached hydrogens (tertiary/aromatic N) is 1. The molecule has 0 atom stereocenters. The monoisotopic (exact) mass is 325 g/mol. The predicted octanol–water partition coefficient (Wildman–Crippen LogP) is 2.42. The van der Waals surface area contributed by atoms with E-state index in [1.807, 2.05) is 6.07 Å². The van der Waals surface area contributed by atoms with Crippen molar-refractivity contribution < 1.29 is 18.9 Å². The number of carbonyl (C=O) groups is 2. The fourth-order valence-corrected chi connectivity index (χ4v) is 2.10. The van der Waals surface area contributed by atoms with E-state index in [1.54, 1.807) is 24.3 Å². The molecule has 1 aromatic heterocycles. The number of hydrogen-bond donors (Lipinski definition) is 2. The third-order valence-corrected chi connectivity index (χ3v) is 3.26. The summed E-state index contributed by atoms with van der Waals surface area (Å²) in [6, 6.07) is 13.8. The Balaban J connectivity index is 1.68. The van der Waals surface area contributed by atoms with E-state index in [-0.39, 0.29) is 17.0 Å². The van der Waals surface area contributed by atoms with Gasteiger partial charge in [-0.15, -0.1) is 0 Å². The molecule has 0 aliphatic carbocycles. The van der Waals surface area contributed by atoms with E-state index in [2.05, 4.69) is 10.9 Å². The first-order valence-corrected chi connectivity index (χ1v) is 6.88. The van der Waals surface area contributed by atoms with Gasteiger partial charge < -0.3 is 4.42 Å². The van der Waals surface area contributed by atoms with Crippen LogP contribution in [0.25, 0.3) is 11.0 Å². The Labute approximate surface area is 135 Å². The van der Waals surface area contributed by atoms with Gasteiger partial charge >= 0.3 is 5.91 Å². The lowest BCUT2D eigenvalue weighted by molar-refractivity contribution is -0.384. The number of hydrazine groups is 1. The van der Waals surface area contributed by atoms with E-state index >= 15 is 0 Å². The molecule has 2 amide bonds. The van der Waals surface area contributed by atoms with Gasteiger partial charge in [-0.1, -0.05) is 24.3 Å². The zero-order chi connectivity index (χ0) is 17.1. The van der Waals surface area contributed by atoms with Crippen molar-refractivity contribution in [3.05, 3.63) is 76.0 Å². The molecule has 2 aromatic carbocycles. The second-order valence-corrected chi connectivity index (χ2v) is 4.86.